The molecule has 0 heterocycles. The van der Waals surface area contributed by atoms with Crippen molar-refractivity contribution in [3.8, 4) is 5.75 Å². The molecule has 3 nitrogen and oxygen atoms in total. The third kappa shape index (κ3) is 7.35. The van der Waals surface area contributed by atoms with Crippen molar-refractivity contribution in [1.82, 2.24) is 5.32 Å². The Balaban J connectivity index is 2.04. The van der Waals surface area contributed by atoms with Crippen molar-refractivity contribution >= 4 is 11.6 Å². The quantitative estimate of drug-likeness (QED) is 0.708. The van der Waals surface area contributed by atoms with Gasteiger partial charge in [-0.15, -0.1) is 0 Å². The number of benzene rings is 1. The molecule has 0 atom stereocenters. The molecule has 0 radical (unpaired) electrons. The van der Waals surface area contributed by atoms with Crippen LogP contribution in [0.25, 0.3) is 0 Å². The summed E-state index contributed by atoms with van der Waals surface area (Å²) in [5.41, 5.74) is 0. The number of ether oxygens (including phenoxy) is 2. The van der Waals surface area contributed by atoms with Gasteiger partial charge in [0.2, 0.25) is 0 Å². The zero-order valence-corrected chi connectivity index (χ0v) is 12.2. The smallest absolute Gasteiger partial charge is 0.138 e. The molecule has 0 fully saturated rings. The lowest BCUT2D eigenvalue weighted by Gasteiger charge is -2.10. The number of nitrogens with one attached hydrogen (secondary N) is 1. The van der Waals surface area contributed by atoms with Crippen molar-refractivity contribution in [2.75, 3.05) is 26.3 Å². The molecule has 0 bridgehead atoms. The van der Waals surface area contributed by atoms with Gasteiger partial charge in [0.15, 0.2) is 0 Å². The van der Waals surface area contributed by atoms with Crippen LogP contribution >= 0.6 is 11.6 Å². The van der Waals surface area contributed by atoms with E-state index < -0.39 is 0 Å². The molecule has 0 spiro atoms. The van der Waals surface area contributed by atoms with Crippen molar-refractivity contribution in [2.45, 2.75) is 26.4 Å². The first kappa shape index (κ1) is 16.2. The molecule has 5 heteroatoms. The molecule has 108 valence electrons. The monoisotopic (exact) mass is 289 g/mol. The van der Waals surface area contributed by atoms with E-state index in [-0.39, 0.29) is 11.9 Å². The van der Waals surface area contributed by atoms with Gasteiger partial charge in [-0.1, -0.05) is 11.6 Å². The molecule has 1 aromatic rings. The molecule has 0 unspecified atom stereocenters. The topological polar surface area (TPSA) is 30.5 Å². The van der Waals surface area contributed by atoms with Gasteiger partial charge in [0.05, 0.1) is 11.1 Å². The number of rotatable bonds is 9. The SMILES string of the molecule is CC(C)OCCCNCCOc1ccc(F)cc1Cl. The fourth-order valence-electron chi connectivity index (χ4n) is 1.47. The van der Waals surface area contributed by atoms with E-state index in [2.05, 4.69) is 5.32 Å². The third-order valence-electron chi connectivity index (χ3n) is 2.38. The number of hydrogen-bond donors (Lipinski definition) is 1. The van der Waals surface area contributed by atoms with E-state index in [1.165, 1.54) is 18.2 Å². The summed E-state index contributed by atoms with van der Waals surface area (Å²) in [5, 5.41) is 3.53. The van der Waals surface area contributed by atoms with Gasteiger partial charge in [0.25, 0.3) is 0 Å². The standard InChI is InChI=1S/C14H21ClFNO2/c1-11(2)18-8-3-6-17-7-9-19-14-5-4-12(16)10-13(14)15/h4-5,10-11,17H,3,6-9H2,1-2H3. The lowest BCUT2D eigenvalue weighted by atomic mass is 10.3. The van der Waals surface area contributed by atoms with Gasteiger partial charge >= 0.3 is 0 Å². The molecule has 1 aromatic carbocycles. The molecule has 1 N–H and O–H groups in total. The molecule has 0 saturated heterocycles. The molecule has 0 aliphatic rings. The van der Waals surface area contributed by atoms with Crippen molar-refractivity contribution in [3.05, 3.63) is 29.0 Å². The van der Waals surface area contributed by atoms with Crippen LogP contribution in [0.2, 0.25) is 5.02 Å². The summed E-state index contributed by atoms with van der Waals surface area (Å²) < 4.78 is 23.7. The molecule has 0 aromatic heterocycles. The van der Waals surface area contributed by atoms with Crippen LogP contribution in [-0.4, -0.2) is 32.4 Å². The van der Waals surface area contributed by atoms with Crippen molar-refractivity contribution < 1.29 is 13.9 Å². The Hall–Kier alpha value is -0.840. The molecular formula is C14H21ClFNO2. The van der Waals surface area contributed by atoms with E-state index in [4.69, 9.17) is 21.1 Å². The Morgan fingerprint density at radius 3 is 2.74 bits per heavy atom. The third-order valence-corrected chi connectivity index (χ3v) is 2.67. The molecular weight excluding hydrogens is 269 g/mol. The highest BCUT2D eigenvalue weighted by atomic mass is 35.5. The Labute approximate surface area is 119 Å². The van der Waals surface area contributed by atoms with Crippen molar-refractivity contribution in [3.63, 3.8) is 0 Å². The predicted octanol–water partition coefficient (Wildman–Crippen LogP) is 3.26. The summed E-state index contributed by atoms with van der Waals surface area (Å²) in [7, 11) is 0. The second-order valence-corrected chi connectivity index (χ2v) is 4.85. The summed E-state index contributed by atoms with van der Waals surface area (Å²) in [6.45, 7) is 6.90. The summed E-state index contributed by atoms with van der Waals surface area (Å²) in [5.74, 6) is 0.147. The van der Waals surface area contributed by atoms with Crippen molar-refractivity contribution in [2.24, 2.45) is 0 Å². The maximum absolute atomic E-state index is 12.8. The van der Waals surface area contributed by atoms with Gasteiger partial charge in [-0.2, -0.15) is 0 Å². The fraction of sp³-hybridized carbons (Fsp3) is 0.571. The van der Waals surface area contributed by atoms with E-state index in [1.807, 2.05) is 13.8 Å². The minimum absolute atomic E-state index is 0.281. The van der Waals surface area contributed by atoms with Crippen LogP contribution in [0.3, 0.4) is 0 Å². The van der Waals surface area contributed by atoms with Crippen LogP contribution < -0.4 is 10.1 Å². The Kier molecular flexibility index (Phi) is 7.79. The van der Waals surface area contributed by atoms with Gasteiger partial charge < -0.3 is 14.8 Å². The van der Waals surface area contributed by atoms with E-state index >= 15 is 0 Å². The van der Waals surface area contributed by atoms with E-state index in [9.17, 15) is 4.39 Å². The minimum atomic E-state index is -0.361. The Bertz CT molecular complexity index is 374. The molecule has 0 aliphatic carbocycles. The van der Waals surface area contributed by atoms with Crippen LogP contribution in [0.1, 0.15) is 20.3 Å². The van der Waals surface area contributed by atoms with Crippen LogP contribution in [0.15, 0.2) is 18.2 Å². The second kappa shape index (κ2) is 9.13. The van der Waals surface area contributed by atoms with Crippen LogP contribution in [-0.2, 0) is 4.74 Å². The van der Waals surface area contributed by atoms with Gasteiger partial charge in [0, 0.05) is 13.2 Å². The second-order valence-electron chi connectivity index (χ2n) is 4.45. The predicted molar refractivity (Wildman–Crippen MR) is 75.5 cm³/mol. The Morgan fingerprint density at radius 1 is 1.26 bits per heavy atom. The van der Waals surface area contributed by atoms with Crippen LogP contribution in [0.5, 0.6) is 5.75 Å². The largest absolute Gasteiger partial charge is 0.491 e. The Morgan fingerprint density at radius 2 is 2.05 bits per heavy atom. The molecule has 0 saturated carbocycles. The van der Waals surface area contributed by atoms with E-state index in [0.717, 1.165) is 26.1 Å². The van der Waals surface area contributed by atoms with E-state index in [0.29, 0.717) is 17.4 Å². The summed E-state index contributed by atoms with van der Waals surface area (Å²) in [6.07, 6.45) is 1.25. The molecule has 19 heavy (non-hydrogen) atoms. The highest BCUT2D eigenvalue weighted by Crippen LogP contribution is 2.24. The van der Waals surface area contributed by atoms with Gasteiger partial charge in [-0.05, 0) is 45.0 Å². The fourth-order valence-corrected chi connectivity index (χ4v) is 1.69. The van der Waals surface area contributed by atoms with E-state index in [1.54, 1.807) is 0 Å². The number of halogens is 2. The zero-order valence-electron chi connectivity index (χ0n) is 11.4. The van der Waals surface area contributed by atoms with Crippen LogP contribution in [0.4, 0.5) is 4.39 Å². The molecule has 1 rings (SSSR count). The first-order valence-electron chi connectivity index (χ1n) is 6.49. The lowest BCUT2D eigenvalue weighted by Crippen LogP contribution is -2.23. The van der Waals surface area contributed by atoms with Gasteiger partial charge in [-0.3, -0.25) is 0 Å². The summed E-state index contributed by atoms with van der Waals surface area (Å²) in [6, 6.07) is 4.11. The van der Waals surface area contributed by atoms with Crippen LogP contribution in [0, 0.1) is 5.82 Å². The number of hydrogen-bond acceptors (Lipinski definition) is 3. The first-order valence-corrected chi connectivity index (χ1v) is 6.87. The van der Waals surface area contributed by atoms with Gasteiger partial charge in [0.1, 0.15) is 18.2 Å². The highest BCUT2D eigenvalue weighted by molar-refractivity contribution is 6.32. The average Bonchev–Trinajstić information content (AvgIpc) is 2.34. The minimum Gasteiger partial charge on any atom is -0.491 e. The van der Waals surface area contributed by atoms with Gasteiger partial charge in [-0.25, -0.2) is 4.39 Å². The van der Waals surface area contributed by atoms with Crippen molar-refractivity contribution in [1.29, 1.82) is 0 Å². The maximum Gasteiger partial charge on any atom is 0.138 e. The molecule has 0 amide bonds. The normalized spacial score (nSPS) is 11.0. The molecule has 0 aliphatic heterocycles. The first-order chi connectivity index (χ1) is 9.09. The lowest BCUT2D eigenvalue weighted by molar-refractivity contribution is 0.0770. The summed E-state index contributed by atoms with van der Waals surface area (Å²) >= 11 is 5.84. The maximum atomic E-state index is 12.8. The zero-order chi connectivity index (χ0) is 14.1. The highest BCUT2D eigenvalue weighted by Gasteiger charge is 2.02. The summed E-state index contributed by atoms with van der Waals surface area (Å²) in [4.78, 5) is 0. The average molecular weight is 290 g/mol.